The largest absolute Gasteiger partial charge is 0.354 e. The minimum atomic E-state index is -0.429. The van der Waals surface area contributed by atoms with E-state index in [0.717, 1.165) is 6.42 Å². The Hall–Kier alpha value is -1.56. The predicted molar refractivity (Wildman–Crippen MR) is 69.5 cm³/mol. The van der Waals surface area contributed by atoms with E-state index in [0.29, 0.717) is 23.6 Å². The Labute approximate surface area is 110 Å². The molecular formula is C12H15N3O2S. The molecule has 2 N–H and O–H groups in total. The minimum absolute atomic E-state index is 0.107. The number of aromatic nitrogens is 1. The third-order valence-electron chi connectivity index (χ3n) is 2.80. The number of thioether (sulfide) groups is 1. The Morgan fingerprint density at radius 2 is 2.44 bits per heavy atom. The predicted octanol–water partition coefficient (Wildman–Crippen LogP) is 0.812. The van der Waals surface area contributed by atoms with Crippen molar-refractivity contribution in [3.63, 3.8) is 0 Å². The van der Waals surface area contributed by atoms with Crippen molar-refractivity contribution in [2.45, 2.75) is 23.9 Å². The number of piperidine rings is 1. The number of carbonyl (C=O) groups is 2. The fraction of sp³-hybridized carbons (Fsp3) is 0.417. The summed E-state index contributed by atoms with van der Waals surface area (Å²) in [7, 11) is 0. The Balaban J connectivity index is 2.09. The lowest BCUT2D eigenvalue weighted by Crippen LogP contribution is -2.50. The molecule has 2 rings (SSSR count). The third-order valence-corrected chi connectivity index (χ3v) is 3.51. The van der Waals surface area contributed by atoms with Gasteiger partial charge >= 0.3 is 0 Å². The number of nitrogens with one attached hydrogen (secondary N) is 2. The van der Waals surface area contributed by atoms with Gasteiger partial charge in [0.1, 0.15) is 11.1 Å². The first-order valence-corrected chi connectivity index (χ1v) is 7.02. The van der Waals surface area contributed by atoms with Crippen LogP contribution in [0.3, 0.4) is 0 Å². The summed E-state index contributed by atoms with van der Waals surface area (Å²) in [6, 6.07) is 3.01. The smallest absolute Gasteiger partial charge is 0.254 e. The Morgan fingerprint density at radius 3 is 3.17 bits per heavy atom. The van der Waals surface area contributed by atoms with E-state index in [1.165, 1.54) is 11.8 Å². The standard InChI is InChI=1S/C12H15N3O2S/c1-18-12-8(4-2-7-14-12)10(16)15-9-5-3-6-13-11(9)17/h2,4,7,9H,3,5-6H2,1H3,(H,13,17)(H,15,16)/t9-/m1/s1. The SMILES string of the molecule is CSc1ncccc1C(=O)N[C@@H]1CCCNC1=O. The van der Waals surface area contributed by atoms with E-state index in [-0.39, 0.29) is 11.8 Å². The second-order valence-corrected chi connectivity index (χ2v) is 4.81. The highest BCUT2D eigenvalue weighted by molar-refractivity contribution is 7.98. The van der Waals surface area contributed by atoms with Crippen molar-refractivity contribution in [1.29, 1.82) is 0 Å². The van der Waals surface area contributed by atoms with E-state index in [9.17, 15) is 9.59 Å². The molecule has 18 heavy (non-hydrogen) atoms. The van der Waals surface area contributed by atoms with Crippen LogP contribution in [0, 0.1) is 0 Å². The summed E-state index contributed by atoms with van der Waals surface area (Å²) < 4.78 is 0. The van der Waals surface area contributed by atoms with E-state index in [4.69, 9.17) is 0 Å². The maximum absolute atomic E-state index is 12.1. The number of pyridine rings is 1. The van der Waals surface area contributed by atoms with Gasteiger partial charge in [0, 0.05) is 12.7 Å². The van der Waals surface area contributed by atoms with Crippen LogP contribution in [0.25, 0.3) is 0 Å². The molecule has 5 nitrogen and oxygen atoms in total. The first-order chi connectivity index (χ1) is 8.72. The van der Waals surface area contributed by atoms with Crippen LogP contribution in [0.1, 0.15) is 23.2 Å². The highest BCUT2D eigenvalue weighted by atomic mass is 32.2. The number of hydrogen-bond donors (Lipinski definition) is 2. The summed E-state index contributed by atoms with van der Waals surface area (Å²) in [6.45, 7) is 0.689. The Morgan fingerprint density at radius 1 is 1.61 bits per heavy atom. The van der Waals surface area contributed by atoms with Gasteiger partial charge in [0.2, 0.25) is 5.91 Å². The van der Waals surface area contributed by atoms with Crippen LogP contribution < -0.4 is 10.6 Å². The van der Waals surface area contributed by atoms with Crippen LogP contribution in [0.5, 0.6) is 0 Å². The number of hydrogen-bond acceptors (Lipinski definition) is 4. The zero-order chi connectivity index (χ0) is 13.0. The average molecular weight is 265 g/mol. The molecule has 0 bridgehead atoms. The third kappa shape index (κ3) is 2.81. The van der Waals surface area contributed by atoms with Crippen molar-refractivity contribution >= 4 is 23.6 Å². The quantitative estimate of drug-likeness (QED) is 0.794. The molecule has 0 unspecified atom stereocenters. The van der Waals surface area contributed by atoms with Gasteiger partial charge in [-0.15, -0.1) is 11.8 Å². The molecule has 1 aliphatic rings. The molecule has 0 spiro atoms. The van der Waals surface area contributed by atoms with Gasteiger partial charge in [-0.05, 0) is 31.2 Å². The fourth-order valence-electron chi connectivity index (χ4n) is 1.87. The number of carbonyl (C=O) groups excluding carboxylic acids is 2. The number of rotatable bonds is 3. The highest BCUT2D eigenvalue weighted by Gasteiger charge is 2.24. The molecule has 0 saturated carbocycles. The molecule has 0 aliphatic carbocycles. The van der Waals surface area contributed by atoms with Crippen LogP contribution in [-0.2, 0) is 4.79 Å². The molecule has 0 aromatic carbocycles. The van der Waals surface area contributed by atoms with Gasteiger partial charge in [-0.3, -0.25) is 9.59 Å². The van der Waals surface area contributed by atoms with Crippen molar-refractivity contribution < 1.29 is 9.59 Å². The van der Waals surface area contributed by atoms with Crippen molar-refractivity contribution in [1.82, 2.24) is 15.6 Å². The molecular weight excluding hydrogens is 250 g/mol. The zero-order valence-corrected chi connectivity index (χ0v) is 10.9. The summed E-state index contributed by atoms with van der Waals surface area (Å²) >= 11 is 1.41. The van der Waals surface area contributed by atoms with Gasteiger partial charge in [-0.1, -0.05) is 0 Å². The minimum Gasteiger partial charge on any atom is -0.354 e. The maximum atomic E-state index is 12.1. The maximum Gasteiger partial charge on any atom is 0.254 e. The molecule has 1 aliphatic heterocycles. The second kappa shape index (κ2) is 5.86. The Kier molecular flexibility index (Phi) is 4.19. The number of amides is 2. The highest BCUT2D eigenvalue weighted by Crippen LogP contribution is 2.17. The van der Waals surface area contributed by atoms with Gasteiger partial charge in [-0.25, -0.2) is 4.98 Å². The summed E-state index contributed by atoms with van der Waals surface area (Å²) in [6.07, 6.45) is 5.09. The van der Waals surface area contributed by atoms with Gasteiger partial charge in [0.15, 0.2) is 0 Å². The molecule has 1 aromatic heterocycles. The van der Waals surface area contributed by atoms with Crippen molar-refractivity contribution in [2.75, 3.05) is 12.8 Å². The van der Waals surface area contributed by atoms with Gasteiger partial charge in [0.05, 0.1) is 5.56 Å². The lowest BCUT2D eigenvalue weighted by Gasteiger charge is -2.22. The molecule has 2 heterocycles. The summed E-state index contributed by atoms with van der Waals surface area (Å²) in [5.74, 6) is -0.348. The monoisotopic (exact) mass is 265 g/mol. The van der Waals surface area contributed by atoms with Crippen LogP contribution in [0.4, 0.5) is 0 Å². The molecule has 1 aromatic rings. The molecule has 2 amide bonds. The van der Waals surface area contributed by atoms with Crippen molar-refractivity contribution in [2.24, 2.45) is 0 Å². The molecule has 96 valence electrons. The van der Waals surface area contributed by atoms with Crippen LogP contribution in [-0.4, -0.2) is 35.6 Å². The van der Waals surface area contributed by atoms with Gasteiger partial charge < -0.3 is 10.6 Å². The zero-order valence-electron chi connectivity index (χ0n) is 10.1. The van der Waals surface area contributed by atoms with Crippen LogP contribution in [0.2, 0.25) is 0 Å². The summed E-state index contributed by atoms with van der Waals surface area (Å²) in [5, 5.41) is 6.17. The molecule has 6 heteroatoms. The normalized spacial score (nSPS) is 19.2. The van der Waals surface area contributed by atoms with Crippen molar-refractivity contribution in [3.8, 4) is 0 Å². The average Bonchev–Trinajstić information content (AvgIpc) is 2.41. The Bertz CT molecular complexity index is 464. The molecule has 1 atom stereocenters. The second-order valence-electron chi connectivity index (χ2n) is 4.02. The summed E-state index contributed by atoms with van der Waals surface area (Å²) in [4.78, 5) is 27.8. The van der Waals surface area contributed by atoms with Crippen molar-refractivity contribution in [3.05, 3.63) is 23.9 Å². The topological polar surface area (TPSA) is 71.1 Å². The lowest BCUT2D eigenvalue weighted by molar-refractivity contribution is -0.124. The lowest BCUT2D eigenvalue weighted by atomic mass is 10.1. The van der Waals surface area contributed by atoms with E-state index >= 15 is 0 Å². The van der Waals surface area contributed by atoms with E-state index in [2.05, 4.69) is 15.6 Å². The first-order valence-electron chi connectivity index (χ1n) is 5.80. The van der Waals surface area contributed by atoms with Crippen LogP contribution >= 0.6 is 11.8 Å². The van der Waals surface area contributed by atoms with E-state index in [1.54, 1.807) is 18.3 Å². The molecule has 1 saturated heterocycles. The van der Waals surface area contributed by atoms with Gasteiger partial charge in [0.25, 0.3) is 5.91 Å². The van der Waals surface area contributed by atoms with E-state index in [1.807, 2.05) is 6.26 Å². The molecule has 0 radical (unpaired) electrons. The molecule has 1 fully saturated rings. The fourth-order valence-corrected chi connectivity index (χ4v) is 2.42. The van der Waals surface area contributed by atoms with E-state index < -0.39 is 6.04 Å². The number of nitrogens with zero attached hydrogens (tertiary/aromatic N) is 1. The first kappa shape index (κ1) is 12.9. The van der Waals surface area contributed by atoms with Crippen LogP contribution in [0.15, 0.2) is 23.4 Å². The summed E-state index contributed by atoms with van der Waals surface area (Å²) in [5.41, 5.74) is 0.517. The van der Waals surface area contributed by atoms with Gasteiger partial charge in [-0.2, -0.15) is 0 Å².